The van der Waals surface area contributed by atoms with Crippen molar-refractivity contribution in [1.29, 1.82) is 0 Å². The van der Waals surface area contributed by atoms with Crippen molar-refractivity contribution in [2.24, 2.45) is 0 Å². The van der Waals surface area contributed by atoms with Gasteiger partial charge in [0.05, 0.1) is 0 Å². The number of hydrogen-bond donors (Lipinski definition) is 3. The summed E-state index contributed by atoms with van der Waals surface area (Å²) in [5.74, 6) is 0. The summed E-state index contributed by atoms with van der Waals surface area (Å²) in [5, 5.41) is 6.14. The largest absolute Gasteiger partial charge is 0.342 e. The van der Waals surface area contributed by atoms with Crippen LogP contribution in [0.25, 0.3) is 10.8 Å². The van der Waals surface area contributed by atoms with E-state index in [1.54, 1.807) is 18.2 Å². The van der Waals surface area contributed by atoms with Crippen LogP contribution in [0.4, 0.5) is 5.69 Å². The highest BCUT2D eigenvalue weighted by molar-refractivity contribution is 7.92. The van der Waals surface area contributed by atoms with E-state index < -0.39 is 26.3 Å². The molecule has 0 radical (unpaired) electrons. The third-order valence-electron chi connectivity index (χ3n) is 2.94. The molecule has 2 aromatic carbocycles. The highest BCUT2D eigenvalue weighted by atomic mass is 32.2. The van der Waals surface area contributed by atoms with E-state index in [-0.39, 0.29) is 5.69 Å². The van der Waals surface area contributed by atoms with Crippen LogP contribution in [0.15, 0.2) is 57.1 Å². The third-order valence-corrected chi connectivity index (χ3v) is 4.23. The van der Waals surface area contributed by atoms with Gasteiger partial charge in [-0.2, -0.15) is 13.5 Å². The van der Waals surface area contributed by atoms with Crippen molar-refractivity contribution < 1.29 is 8.42 Å². The second-order valence-corrected chi connectivity index (χ2v) is 6.08. The Morgan fingerprint density at radius 2 is 1.73 bits per heavy atom. The molecule has 0 spiro atoms. The average Bonchev–Trinajstić information content (AvgIpc) is 2.46. The van der Waals surface area contributed by atoms with Crippen molar-refractivity contribution in [3.63, 3.8) is 0 Å². The molecular weight excluding hydrogens is 308 g/mol. The SMILES string of the molecule is O=c1[nH]nc(S(=O)(=O)Nc2ccc3ccccc3c2)c(=O)[nH]1. The fourth-order valence-electron chi connectivity index (χ4n) is 1.98. The Labute approximate surface area is 123 Å². The average molecular weight is 318 g/mol. The lowest BCUT2D eigenvalue weighted by Crippen LogP contribution is -2.31. The Hall–Kier alpha value is -2.94. The molecular formula is C13H10N4O4S. The first kappa shape index (κ1) is 14.0. The number of nitrogens with zero attached hydrogens (tertiary/aromatic N) is 1. The summed E-state index contributed by atoms with van der Waals surface area (Å²) in [6.45, 7) is 0. The van der Waals surface area contributed by atoms with Crippen LogP contribution in [0.1, 0.15) is 0 Å². The van der Waals surface area contributed by atoms with Crippen molar-refractivity contribution in [1.82, 2.24) is 15.2 Å². The van der Waals surface area contributed by atoms with Crippen LogP contribution in [-0.2, 0) is 10.0 Å². The molecule has 0 saturated carbocycles. The minimum Gasteiger partial charge on any atom is -0.278 e. The highest BCUT2D eigenvalue weighted by Gasteiger charge is 2.21. The molecule has 112 valence electrons. The maximum absolute atomic E-state index is 12.2. The maximum atomic E-state index is 12.2. The monoisotopic (exact) mass is 318 g/mol. The molecule has 1 aromatic heterocycles. The number of hydrogen-bond acceptors (Lipinski definition) is 5. The Kier molecular flexibility index (Phi) is 3.26. The first-order valence-electron chi connectivity index (χ1n) is 6.16. The number of benzene rings is 2. The van der Waals surface area contributed by atoms with Crippen LogP contribution in [0.3, 0.4) is 0 Å². The lowest BCUT2D eigenvalue weighted by Gasteiger charge is -2.07. The number of rotatable bonds is 3. The van der Waals surface area contributed by atoms with Crippen LogP contribution in [0, 0.1) is 0 Å². The number of nitrogens with one attached hydrogen (secondary N) is 3. The highest BCUT2D eigenvalue weighted by Crippen LogP contribution is 2.20. The van der Waals surface area contributed by atoms with Crippen LogP contribution < -0.4 is 16.0 Å². The van der Waals surface area contributed by atoms with Crippen molar-refractivity contribution in [3.05, 3.63) is 63.3 Å². The molecule has 3 rings (SSSR count). The van der Waals surface area contributed by atoms with Gasteiger partial charge in [0.25, 0.3) is 20.6 Å². The number of anilines is 1. The van der Waals surface area contributed by atoms with Crippen LogP contribution in [-0.4, -0.2) is 23.6 Å². The fraction of sp³-hybridized carbons (Fsp3) is 0. The van der Waals surface area contributed by atoms with Crippen LogP contribution in [0.5, 0.6) is 0 Å². The first-order valence-corrected chi connectivity index (χ1v) is 7.65. The molecule has 3 N–H and O–H groups in total. The number of aromatic amines is 2. The van der Waals surface area contributed by atoms with Gasteiger partial charge in [-0.25, -0.2) is 9.89 Å². The van der Waals surface area contributed by atoms with Gasteiger partial charge in [-0.05, 0) is 22.9 Å². The Morgan fingerprint density at radius 3 is 2.45 bits per heavy atom. The molecule has 22 heavy (non-hydrogen) atoms. The van der Waals surface area contributed by atoms with Gasteiger partial charge in [0.1, 0.15) is 0 Å². The summed E-state index contributed by atoms with van der Waals surface area (Å²) in [4.78, 5) is 24.2. The Bertz CT molecular complexity index is 1070. The molecule has 0 atom stereocenters. The van der Waals surface area contributed by atoms with E-state index in [2.05, 4.69) is 9.82 Å². The zero-order chi connectivity index (χ0) is 15.7. The lowest BCUT2D eigenvalue weighted by atomic mass is 10.1. The topological polar surface area (TPSA) is 125 Å². The van der Waals surface area contributed by atoms with E-state index in [0.717, 1.165) is 10.8 Å². The van der Waals surface area contributed by atoms with Crippen molar-refractivity contribution >= 4 is 26.5 Å². The minimum absolute atomic E-state index is 0.283. The van der Waals surface area contributed by atoms with Gasteiger partial charge >= 0.3 is 5.69 Å². The zero-order valence-electron chi connectivity index (χ0n) is 11.0. The van der Waals surface area contributed by atoms with Crippen LogP contribution in [0.2, 0.25) is 0 Å². The predicted octanol–water partition coefficient (Wildman–Crippen LogP) is 0.412. The zero-order valence-corrected chi connectivity index (χ0v) is 11.8. The van der Waals surface area contributed by atoms with Gasteiger partial charge in [0.15, 0.2) is 0 Å². The molecule has 8 nitrogen and oxygen atoms in total. The Morgan fingerprint density at radius 1 is 1.00 bits per heavy atom. The van der Waals surface area contributed by atoms with E-state index in [1.165, 1.54) is 0 Å². The van der Waals surface area contributed by atoms with Crippen molar-refractivity contribution in [2.45, 2.75) is 5.03 Å². The molecule has 0 saturated heterocycles. The van der Waals surface area contributed by atoms with E-state index >= 15 is 0 Å². The van der Waals surface area contributed by atoms with E-state index in [9.17, 15) is 18.0 Å². The summed E-state index contributed by atoms with van der Waals surface area (Å²) in [5.41, 5.74) is -1.68. The van der Waals surface area contributed by atoms with Gasteiger partial charge in [0.2, 0.25) is 0 Å². The summed E-state index contributed by atoms with van der Waals surface area (Å²) in [6.07, 6.45) is 0. The van der Waals surface area contributed by atoms with Gasteiger partial charge in [0, 0.05) is 5.69 Å². The molecule has 0 aliphatic carbocycles. The number of H-pyrrole nitrogens is 2. The predicted molar refractivity (Wildman–Crippen MR) is 80.2 cm³/mol. The van der Waals surface area contributed by atoms with Crippen molar-refractivity contribution in [2.75, 3.05) is 4.72 Å². The summed E-state index contributed by atoms with van der Waals surface area (Å²) in [7, 11) is -4.20. The quantitative estimate of drug-likeness (QED) is 0.645. The van der Waals surface area contributed by atoms with Crippen LogP contribution >= 0.6 is 0 Å². The van der Waals surface area contributed by atoms with E-state index in [0.29, 0.717) is 0 Å². The van der Waals surface area contributed by atoms with Gasteiger partial charge in [-0.3, -0.25) is 14.5 Å². The smallest absolute Gasteiger partial charge is 0.278 e. The summed E-state index contributed by atoms with van der Waals surface area (Å²) >= 11 is 0. The first-order chi connectivity index (χ1) is 10.5. The molecule has 0 fully saturated rings. The van der Waals surface area contributed by atoms with Crippen molar-refractivity contribution in [3.8, 4) is 0 Å². The summed E-state index contributed by atoms with van der Waals surface area (Å²) < 4.78 is 26.6. The Balaban J connectivity index is 2.02. The standard InChI is InChI=1S/C13H10N4O4S/c18-11-12(15-16-13(19)14-11)22(20,21)17-10-6-5-8-3-1-2-4-9(8)7-10/h1-7,17H,(H2,14,16,18,19). The van der Waals surface area contributed by atoms with E-state index in [1.807, 2.05) is 34.3 Å². The molecule has 0 bridgehead atoms. The number of aromatic nitrogens is 3. The molecule has 0 unspecified atom stereocenters. The number of sulfonamides is 1. The third kappa shape index (κ3) is 2.61. The molecule has 9 heteroatoms. The van der Waals surface area contributed by atoms with Gasteiger partial charge < -0.3 is 0 Å². The molecule has 0 aliphatic heterocycles. The second-order valence-electron chi connectivity index (χ2n) is 4.48. The molecule has 3 aromatic rings. The normalized spacial score (nSPS) is 11.5. The lowest BCUT2D eigenvalue weighted by molar-refractivity contribution is 0.591. The number of fused-ring (bicyclic) bond motifs is 1. The fourth-order valence-corrected chi connectivity index (χ4v) is 2.97. The maximum Gasteiger partial charge on any atom is 0.342 e. The van der Waals surface area contributed by atoms with E-state index in [4.69, 9.17) is 0 Å². The minimum atomic E-state index is -4.20. The molecule has 0 amide bonds. The second kappa shape index (κ2) is 5.11. The molecule has 1 heterocycles. The van der Waals surface area contributed by atoms with Gasteiger partial charge in [-0.1, -0.05) is 30.3 Å². The summed E-state index contributed by atoms with van der Waals surface area (Å²) in [6, 6.07) is 12.4. The molecule has 0 aliphatic rings. The van der Waals surface area contributed by atoms with Gasteiger partial charge in [-0.15, -0.1) is 0 Å².